The van der Waals surface area contributed by atoms with Crippen LogP contribution in [0.3, 0.4) is 0 Å². The highest BCUT2D eigenvalue weighted by molar-refractivity contribution is 7.13. The zero-order valence-electron chi connectivity index (χ0n) is 9.92. The maximum absolute atomic E-state index is 12.3. The lowest BCUT2D eigenvalue weighted by Gasteiger charge is -2.05. The first-order valence-electron chi connectivity index (χ1n) is 5.61. The second-order valence-electron chi connectivity index (χ2n) is 4.06. The van der Waals surface area contributed by atoms with E-state index >= 15 is 0 Å². The fraction of sp³-hybridized carbons (Fsp3) is 0. The number of carbonyl (C=O) groups is 1. The van der Waals surface area contributed by atoms with Gasteiger partial charge in [-0.1, -0.05) is 17.7 Å². The van der Waals surface area contributed by atoms with Gasteiger partial charge in [0.25, 0.3) is 0 Å². The fourth-order valence-corrected chi connectivity index (χ4v) is 2.82. The number of fused-ring (bicyclic) bond motifs is 1. The average Bonchev–Trinajstić information content (AvgIpc) is 2.91. The van der Waals surface area contributed by atoms with Crippen molar-refractivity contribution in [2.24, 2.45) is 0 Å². The quantitative estimate of drug-likeness (QED) is 0.780. The second-order valence-corrected chi connectivity index (χ2v) is 5.44. The number of carboxylic acids is 1. The van der Waals surface area contributed by atoms with Crippen LogP contribution in [0, 0.1) is 0 Å². The van der Waals surface area contributed by atoms with Crippen molar-refractivity contribution in [1.29, 1.82) is 0 Å². The standard InChI is InChI=1S/C14H7ClO4S/c15-7-3-4-8-9(6-7)19-13(10-2-1-5-20-10)11(12(8)16)14(17)18/h1-6H,(H,17,18). The summed E-state index contributed by atoms with van der Waals surface area (Å²) in [7, 11) is 0. The van der Waals surface area contributed by atoms with Gasteiger partial charge in [-0.2, -0.15) is 0 Å². The number of carboxylic acid groups (broad SMARTS) is 1. The molecular formula is C14H7ClO4S. The van der Waals surface area contributed by atoms with E-state index in [1.807, 2.05) is 0 Å². The number of thiophene rings is 1. The Labute approximate surface area is 121 Å². The van der Waals surface area contributed by atoms with E-state index in [0.29, 0.717) is 9.90 Å². The molecule has 1 N–H and O–H groups in total. The Morgan fingerprint density at radius 2 is 2.10 bits per heavy atom. The molecule has 0 saturated heterocycles. The third-order valence-corrected chi connectivity index (χ3v) is 3.92. The Kier molecular flexibility index (Phi) is 3.08. The summed E-state index contributed by atoms with van der Waals surface area (Å²) in [6.45, 7) is 0. The zero-order chi connectivity index (χ0) is 14.3. The van der Waals surface area contributed by atoms with Crippen molar-refractivity contribution >= 4 is 39.9 Å². The topological polar surface area (TPSA) is 67.5 Å². The third kappa shape index (κ3) is 2.01. The van der Waals surface area contributed by atoms with Gasteiger partial charge in [-0.25, -0.2) is 4.79 Å². The minimum absolute atomic E-state index is 0.0623. The molecule has 0 spiro atoms. The molecule has 2 aromatic heterocycles. The van der Waals surface area contributed by atoms with Gasteiger partial charge in [0, 0.05) is 11.1 Å². The molecule has 0 atom stereocenters. The van der Waals surface area contributed by atoms with Crippen LogP contribution in [-0.2, 0) is 0 Å². The number of hydrogen-bond donors (Lipinski definition) is 1. The third-order valence-electron chi connectivity index (χ3n) is 2.81. The van der Waals surface area contributed by atoms with Crippen LogP contribution >= 0.6 is 22.9 Å². The lowest BCUT2D eigenvalue weighted by atomic mass is 10.1. The summed E-state index contributed by atoms with van der Waals surface area (Å²) in [6, 6.07) is 7.95. The summed E-state index contributed by atoms with van der Waals surface area (Å²) in [5.41, 5.74) is -0.656. The summed E-state index contributed by atoms with van der Waals surface area (Å²) >= 11 is 7.17. The van der Waals surface area contributed by atoms with Crippen molar-refractivity contribution in [3.05, 3.63) is 56.5 Å². The molecule has 0 unspecified atom stereocenters. The van der Waals surface area contributed by atoms with E-state index in [2.05, 4.69) is 0 Å². The summed E-state index contributed by atoms with van der Waals surface area (Å²) in [5, 5.41) is 11.7. The number of benzene rings is 1. The molecule has 0 radical (unpaired) electrons. The number of halogens is 1. The first-order valence-corrected chi connectivity index (χ1v) is 6.87. The van der Waals surface area contributed by atoms with Gasteiger partial charge in [0.05, 0.1) is 10.3 Å². The van der Waals surface area contributed by atoms with Gasteiger partial charge in [0.1, 0.15) is 5.58 Å². The molecular weight excluding hydrogens is 300 g/mol. The minimum atomic E-state index is -1.31. The first kappa shape index (κ1) is 12.9. The van der Waals surface area contributed by atoms with Crippen molar-refractivity contribution in [1.82, 2.24) is 0 Å². The number of aromatic carboxylic acids is 1. The van der Waals surface area contributed by atoms with Crippen LogP contribution in [0.1, 0.15) is 10.4 Å². The van der Waals surface area contributed by atoms with Gasteiger partial charge in [-0.3, -0.25) is 4.79 Å². The van der Waals surface area contributed by atoms with E-state index in [-0.39, 0.29) is 22.3 Å². The van der Waals surface area contributed by atoms with Crippen molar-refractivity contribution in [2.75, 3.05) is 0 Å². The van der Waals surface area contributed by atoms with Crippen LogP contribution in [0.5, 0.6) is 0 Å². The molecule has 0 fully saturated rings. The Bertz CT molecular complexity index is 865. The molecule has 0 saturated carbocycles. The summed E-state index contributed by atoms with van der Waals surface area (Å²) < 4.78 is 5.61. The Morgan fingerprint density at radius 1 is 1.30 bits per heavy atom. The maximum Gasteiger partial charge on any atom is 0.343 e. The second kappa shape index (κ2) is 4.77. The molecule has 6 heteroatoms. The van der Waals surface area contributed by atoms with Crippen molar-refractivity contribution in [2.45, 2.75) is 0 Å². The molecule has 3 rings (SSSR count). The van der Waals surface area contributed by atoms with E-state index in [4.69, 9.17) is 16.0 Å². The van der Waals surface area contributed by atoms with E-state index < -0.39 is 11.4 Å². The van der Waals surface area contributed by atoms with Crippen molar-refractivity contribution in [3.8, 4) is 10.6 Å². The number of rotatable bonds is 2. The summed E-state index contributed by atoms with van der Waals surface area (Å²) in [5.74, 6) is -1.24. The van der Waals surface area contributed by atoms with Crippen LogP contribution in [0.2, 0.25) is 5.02 Å². The van der Waals surface area contributed by atoms with Crippen molar-refractivity contribution < 1.29 is 14.3 Å². The van der Waals surface area contributed by atoms with Gasteiger partial charge < -0.3 is 9.52 Å². The van der Waals surface area contributed by atoms with E-state index in [0.717, 1.165) is 0 Å². The van der Waals surface area contributed by atoms with Gasteiger partial charge in [-0.05, 0) is 23.6 Å². The molecule has 0 aliphatic heterocycles. The van der Waals surface area contributed by atoms with Crippen LogP contribution in [0.4, 0.5) is 0 Å². The largest absolute Gasteiger partial charge is 0.477 e. The van der Waals surface area contributed by atoms with E-state index in [1.165, 1.54) is 29.5 Å². The van der Waals surface area contributed by atoms with Gasteiger partial charge in [0.15, 0.2) is 11.3 Å². The van der Waals surface area contributed by atoms with Crippen LogP contribution in [0.25, 0.3) is 21.6 Å². The number of hydrogen-bond acceptors (Lipinski definition) is 4. The zero-order valence-corrected chi connectivity index (χ0v) is 11.5. The van der Waals surface area contributed by atoms with E-state index in [9.17, 15) is 14.7 Å². The van der Waals surface area contributed by atoms with Crippen LogP contribution < -0.4 is 5.43 Å². The molecule has 2 heterocycles. The first-order chi connectivity index (χ1) is 9.58. The smallest absolute Gasteiger partial charge is 0.343 e. The molecule has 20 heavy (non-hydrogen) atoms. The van der Waals surface area contributed by atoms with Gasteiger partial charge in [-0.15, -0.1) is 11.3 Å². The molecule has 3 aromatic rings. The van der Waals surface area contributed by atoms with Crippen LogP contribution in [0.15, 0.2) is 44.9 Å². The van der Waals surface area contributed by atoms with E-state index in [1.54, 1.807) is 17.5 Å². The summed E-state index contributed by atoms with van der Waals surface area (Å²) in [6.07, 6.45) is 0. The lowest BCUT2D eigenvalue weighted by Crippen LogP contribution is -2.16. The SMILES string of the molecule is O=C(O)c1c(-c2cccs2)oc2cc(Cl)ccc2c1=O. The highest BCUT2D eigenvalue weighted by Crippen LogP contribution is 2.30. The molecule has 0 bridgehead atoms. The molecule has 4 nitrogen and oxygen atoms in total. The molecule has 0 aliphatic rings. The Morgan fingerprint density at radius 3 is 2.75 bits per heavy atom. The fourth-order valence-electron chi connectivity index (χ4n) is 1.94. The lowest BCUT2D eigenvalue weighted by molar-refractivity contribution is 0.0695. The van der Waals surface area contributed by atoms with Gasteiger partial charge in [0.2, 0.25) is 5.43 Å². The summed E-state index contributed by atoms with van der Waals surface area (Å²) in [4.78, 5) is 24.3. The normalized spacial score (nSPS) is 10.8. The molecule has 100 valence electrons. The highest BCUT2D eigenvalue weighted by atomic mass is 35.5. The highest BCUT2D eigenvalue weighted by Gasteiger charge is 2.22. The predicted octanol–water partition coefficient (Wildman–Crippen LogP) is 3.87. The molecule has 0 amide bonds. The average molecular weight is 307 g/mol. The van der Waals surface area contributed by atoms with Gasteiger partial charge >= 0.3 is 5.97 Å². The molecule has 1 aromatic carbocycles. The Hall–Kier alpha value is -2.11. The Balaban J connectivity index is 2.47. The maximum atomic E-state index is 12.3. The predicted molar refractivity (Wildman–Crippen MR) is 77.8 cm³/mol. The monoisotopic (exact) mass is 306 g/mol. The van der Waals surface area contributed by atoms with Crippen LogP contribution in [-0.4, -0.2) is 11.1 Å². The molecule has 0 aliphatic carbocycles. The minimum Gasteiger partial charge on any atom is -0.477 e. The van der Waals surface area contributed by atoms with Crippen molar-refractivity contribution in [3.63, 3.8) is 0 Å².